The summed E-state index contributed by atoms with van der Waals surface area (Å²) in [5.41, 5.74) is 10.8. The third-order valence-electron chi connectivity index (χ3n) is 1.28. The van der Waals surface area contributed by atoms with Crippen molar-refractivity contribution in [3.63, 3.8) is 0 Å². The molecule has 1 aromatic rings. The van der Waals surface area contributed by atoms with Crippen LogP contribution in [0.25, 0.3) is 0 Å². The number of aliphatic carboxylic acids is 1. The first-order chi connectivity index (χ1) is 5.13. The normalized spacial score (nSPS) is 12.8. The number of carboxylic acid groups (broad SMARTS) is 1. The molecule has 11 heavy (non-hydrogen) atoms. The summed E-state index contributed by atoms with van der Waals surface area (Å²) in [4.78, 5) is 10.3. The molecule has 60 valence electrons. The predicted octanol–water partition coefficient (Wildman–Crippen LogP) is -0.0538. The zero-order valence-corrected chi connectivity index (χ0v) is 5.65. The summed E-state index contributed by atoms with van der Waals surface area (Å²) in [6.45, 7) is 0. The lowest BCUT2D eigenvalue weighted by atomic mass is 10.2. The minimum absolute atomic E-state index is 0.0949. The van der Waals surface area contributed by atoms with E-state index in [1.165, 1.54) is 12.3 Å². The molecule has 0 aliphatic rings. The molecule has 0 fully saturated rings. The molecule has 0 aliphatic carbocycles. The lowest BCUT2D eigenvalue weighted by Crippen LogP contribution is -2.20. The SMILES string of the molecule is Nc1ccoc1C(N)C(=O)O. The van der Waals surface area contributed by atoms with E-state index in [4.69, 9.17) is 21.0 Å². The topological polar surface area (TPSA) is 102 Å². The Morgan fingerprint density at radius 2 is 2.36 bits per heavy atom. The molecule has 5 nitrogen and oxygen atoms in total. The second-order valence-electron chi connectivity index (χ2n) is 2.06. The van der Waals surface area contributed by atoms with Gasteiger partial charge >= 0.3 is 5.97 Å². The zero-order chi connectivity index (χ0) is 8.43. The maximum atomic E-state index is 10.3. The molecule has 0 saturated carbocycles. The Balaban J connectivity index is 2.92. The van der Waals surface area contributed by atoms with Gasteiger partial charge in [-0.2, -0.15) is 0 Å². The maximum absolute atomic E-state index is 10.3. The highest BCUT2D eigenvalue weighted by atomic mass is 16.4. The highest BCUT2D eigenvalue weighted by molar-refractivity contribution is 5.76. The average molecular weight is 156 g/mol. The number of nitrogens with two attached hydrogens (primary N) is 2. The quantitative estimate of drug-likeness (QED) is 0.556. The number of rotatable bonds is 2. The van der Waals surface area contributed by atoms with Gasteiger partial charge in [0.15, 0.2) is 11.8 Å². The largest absolute Gasteiger partial charge is 0.480 e. The molecule has 1 rings (SSSR count). The zero-order valence-electron chi connectivity index (χ0n) is 5.65. The summed E-state index contributed by atoms with van der Waals surface area (Å²) in [5, 5.41) is 8.44. The fourth-order valence-electron chi connectivity index (χ4n) is 0.696. The Labute approximate surface area is 62.6 Å². The highest BCUT2D eigenvalue weighted by Crippen LogP contribution is 2.19. The van der Waals surface area contributed by atoms with E-state index in [0.29, 0.717) is 0 Å². The summed E-state index contributed by atoms with van der Waals surface area (Å²) in [6, 6.07) is 0.281. The number of carbonyl (C=O) groups is 1. The van der Waals surface area contributed by atoms with Crippen LogP contribution < -0.4 is 11.5 Å². The Morgan fingerprint density at radius 1 is 1.73 bits per heavy atom. The van der Waals surface area contributed by atoms with Crippen molar-refractivity contribution in [3.05, 3.63) is 18.1 Å². The second-order valence-corrected chi connectivity index (χ2v) is 2.06. The van der Waals surface area contributed by atoms with Crippen LogP contribution in [0, 0.1) is 0 Å². The third kappa shape index (κ3) is 1.32. The van der Waals surface area contributed by atoms with E-state index in [9.17, 15) is 4.79 Å². The molecule has 1 heterocycles. The lowest BCUT2D eigenvalue weighted by Gasteiger charge is -2.02. The van der Waals surface area contributed by atoms with Crippen molar-refractivity contribution in [1.82, 2.24) is 0 Å². The minimum Gasteiger partial charge on any atom is -0.480 e. The average Bonchev–Trinajstić information content (AvgIpc) is 2.33. The molecule has 0 amide bonds. The van der Waals surface area contributed by atoms with E-state index in [0.717, 1.165) is 0 Å². The van der Waals surface area contributed by atoms with Gasteiger partial charge in [-0.25, -0.2) is 0 Å². The number of hydrogen-bond donors (Lipinski definition) is 3. The van der Waals surface area contributed by atoms with Crippen LogP contribution in [0.4, 0.5) is 5.69 Å². The van der Waals surface area contributed by atoms with Crippen molar-refractivity contribution in [1.29, 1.82) is 0 Å². The summed E-state index contributed by atoms with van der Waals surface area (Å²) in [7, 11) is 0. The van der Waals surface area contributed by atoms with Gasteiger partial charge in [-0.15, -0.1) is 0 Å². The van der Waals surface area contributed by atoms with Gasteiger partial charge < -0.3 is 21.0 Å². The fraction of sp³-hybridized carbons (Fsp3) is 0.167. The Bertz CT molecular complexity index is 269. The third-order valence-corrected chi connectivity index (χ3v) is 1.28. The van der Waals surface area contributed by atoms with Crippen LogP contribution in [0.3, 0.4) is 0 Å². The van der Waals surface area contributed by atoms with E-state index < -0.39 is 12.0 Å². The van der Waals surface area contributed by atoms with Crippen molar-refractivity contribution < 1.29 is 14.3 Å². The number of carboxylic acids is 1. The molecule has 1 unspecified atom stereocenters. The van der Waals surface area contributed by atoms with Crippen molar-refractivity contribution in [3.8, 4) is 0 Å². The Kier molecular flexibility index (Phi) is 1.82. The van der Waals surface area contributed by atoms with Crippen LogP contribution in [-0.4, -0.2) is 11.1 Å². The standard InChI is InChI=1S/C6H8N2O3/c7-3-1-2-11-5(3)4(8)6(9)10/h1-2,4H,7-8H2,(H,9,10). The van der Waals surface area contributed by atoms with Gasteiger partial charge in [0.25, 0.3) is 0 Å². The van der Waals surface area contributed by atoms with Crippen molar-refractivity contribution in [2.24, 2.45) is 5.73 Å². The van der Waals surface area contributed by atoms with Gasteiger partial charge in [0.1, 0.15) is 0 Å². The van der Waals surface area contributed by atoms with E-state index in [2.05, 4.69) is 0 Å². The monoisotopic (exact) mass is 156 g/mol. The molecule has 0 spiro atoms. The lowest BCUT2D eigenvalue weighted by molar-refractivity contribution is -0.139. The molecule has 1 aromatic heterocycles. The van der Waals surface area contributed by atoms with Crippen LogP contribution in [0.15, 0.2) is 16.7 Å². The number of hydrogen-bond acceptors (Lipinski definition) is 4. The Hall–Kier alpha value is -1.49. The molecule has 0 saturated heterocycles. The molecule has 0 bridgehead atoms. The second kappa shape index (κ2) is 2.63. The number of furan rings is 1. The molecular weight excluding hydrogens is 148 g/mol. The van der Waals surface area contributed by atoms with Crippen LogP contribution in [0.1, 0.15) is 11.8 Å². The highest BCUT2D eigenvalue weighted by Gasteiger charge is 2.19. The van der Waals surface area contributed by atoms with Crippen LogP contribution in [0.2, 0.25) is 0 Å². The van der Waals surface area contributed by atoms with Crippen molar-refractivity contribution in [2.45, 2.75) is 6.04 Å². The van der Waals surface area contributed by atoms with E-state index in [1.54, 1.807) is 0 Å². The first kappa shape index (κ1) is 7.62. The molecule has 0 aliphatic heterocycles. The van der Waals surface area contributed by atoms with Crippen LogP contribution in [0.5, 0.6) is 0 Å². The smallest absolute Gasteiger partial charge is 0.328 e. The van der Waals surface area contributed by atoms with E-state index in [-0.39, 0.29) is 11.4 Å². The molecule has 0 radical (unpaired) electrons. The number of nitrogen functional groups attached to an aromatic ring is 1. The number of anilines is 1. The van der Waals surface area contributed by atoms with Gasteiger partial charge in [0.2, 0.25) is 0 Å². The summed E-state index contributed by atoms with van der Waals surface area (Å²) in [5.74, 6) is -1.07. The van der Waals surface area contributed by atoms with E-state index in [1.807, 2.05) is 0 Å². The first-order valence-electron chi connectivity index (χ1n) is 2.94. The van der Waals surface area contributed by atoms with Gasteiger partial charge in [-0.1, -0.05) is 0 Å². The minimum atomic E-state index is -1.18. The fourth-order valence-corrected chi connectivity index (χ4v) is 0.696. The summed E-state index contributed by atoms with van der Waals surface area (Å²) < 4.78 is 4.76. The molecule has 5 N–H and O–H groups in total. The van der Waals surface area contributed by atoms with Gasteiger partial charge in [-0.3, -0.25) is 4.79 Å². The van der Waals surface area contributed by atoms with Gasteiger partial charge in [0, 0.05) is 0 Å². The van der Waals surface area contributed by atoms with Crippen LogP contribution in [-0.2, 0) is 4.79 Å². The first-order valence-corrected chi connectivity index (χ1v) is 2.94. The molecule has 5 heteroatoms. The molecule has 1 atom stereocenters. The summed E-state index contributed by atoms with van der Waals surface area (Å²) in [6.07, 6.45) is 1.30. The van der Waals surface area contributed by atoms with Crippen molar-refractivity contribution in [2.75, 3.05) is 5.73 Å². The molecular formula is C6H8N2O3. The van der Waals surface area contributed by atoms with Gasteiger partial charge in [-0.05, 0) is 6.07 Å². The van der Waals surface area contributed by atoms with Crippen LogP contribution >= 0.6 is 0 Å². The predicted molar refractivity (Wildman–Crippen MR) is 37.7 cm³/mol. The maximum Gasteiger partial charge on any atom is 0.328 e. The summed E-state index contributed by atoms with van der Waals surface area (Å²) >= 11 is 0. The van der Waals surface area contributed by atoms with E-state index >= 15 is 0 Å². The van der Waals surface area contributed by atoms with Gasteiger partial charge in [0.05, 0.1) is 12.0 Å². The van der Waals surface area contributed by atoms with Crippen molar-refractivity contribution >= 4 is 11.7 Å². The molecule has 0 aromatic carbocycles. The Morgan fingerprint density at radius 3 is 2.73 bits per heavy atom.